The van der Waals surface area contributed by atoms with Crippen LogP contribution in [0.5, 0.6) is 5.75 Å². The molecule has 1 rings (SSSR count). The second-order valence-corrected chi connectivity index (χ2v) is 9.77. The zero-order valence-electron chi connectivity index (χ0n) is 23.8. The average molecular weight is 641 g/mol. The van der Waals surface area contributed by atoms with E-state index < -0.39 is 110 Å². The van der Waals surface area contributed by atoms with Crippen LogP contribution in [0, 0.1) is 0 Å². The molecule has 0 aromatic heterocycles. The fraction of sp³-hybridized carbons (Fsp3) is 0.462. The predicted octanol–water partition coefficient (Wildman–Crippen LogP) is -4.12. The van der Waals surface area contributed by atoms with Gasteiger partial charge in [0.15, 0.2) is 0 Å². The maximum Gasteiger partial charge on any atom is 0.305 e. The first kappa shape index (κ1) is 37.7. The third kappa shape index (κ3) is 14.1. The molecule has 19 nitrogen and oxygen atoms in total. The van der Waals surface area contributed by atoms with Crippen LogP contribution in [0.15, 0.2) is 24.3 Å². The van der Waals surface area contributed by atoms with Crippen molar-refractivity contribution in [1.29, 1.82) is 0 Å². The van der Waals surface area contributed by atoms with E-state index in [-0.39, 0.29) is 18.6 Å². The highest BCUT2D eigenvalue weighted by atomic mass is 16.4. The number of hydrogen-bond donors (Lipinski definition) is 11. The number of carbonyl (C=O) groups excluding carboxylic acids is 5. The van der Waals surface area contributed by atoms with Gasteiger partial charge in [-0.2, -0.15) is 0 Å². The molecular formula is C26H36N6O13. The summed E-state index contributed by atoms with van der Waals surface area (Å²) >= 11 is 0. The molecule has 0 spiro atoms. The number of aromatic hydroxyl groups is 1. The van der Waals surface area contributed by atoms with Crippen molar-refractivity contribution in [2.45, 2.75) is 68.7 Å². The Morgan fingerprint density at radius 1 is 0.644 bits per heavy atom. The van der Waals surface area contributed by atoms with Gasteiger partial charge in [-0.3, -0.25) is 38.4 Å². The van der Waals surface area contributed by atoms with Gasteiger partial charge in [0.05, 0.1) is 19.1 Å². The average Bonchev–Trinajstić information content (AvgIpc) is 2.96. The van der Waals surface area contributed by atoms with Crippen molar-refractivity contribution in [2.75, 3.05) is 6.61 Å². The maximum absolute atomic E-state index is 13.3. The Bertz CT molecular complexity index is 1260. The molecule has 1 aromatic carbocycles. The lowest BCUT2D eigenvalue weighted by molar-refractivity contribution is -0.141. The van der Waals surface area contributed by atoms with Gasteiger partial charge in [0.25, 0.3) is 0 Å². The molecule has 0 saturated heterocycles. The lowest BCUT2D eigenvalue weighted by Gasteiger charge is -2.26. The Morgan fingerprint density at radius 3 is 1.62 bits per heavy atom. The number of rotatable bonds is 20. The quantitative estimate of drug-likeness (QED) is 0.0645. The molecule has 0 bridgehead atoms. The molecule has 0 radical (unpaired) electrons. The maximum atomic E-state index is 13.3. The molecule has 248 valence electrons. The zero-order chi connectivity index (χ0) is 34.3. The predicted molar refractivity (Wildman–Crippen MR) is 150 cm³/mol. The standard InChI is InChI=1S/C26H36N6O13/c27-14(5-7-19(35)36)23(42)32-18(11-33)26(45)29-15(6-8-20(37)38)24(43)31-17(9-12-1-3-13(34)4-2-12)25(44)30-16(22(28)41)10-21(39)40/h1-4,14-18,33-34H,5-11,27H2,(H2,28,41)(H,29,45)(H,30,44)(H,31,43)(H,32,42)(H,35,36)(H,37,38)(H,39,40)/t14-,15-,16-,17-,18-/m0/s1. The van der Waals surface area contributed by atoms with Gasteiger partial charge < -0.3 is 58.3 Å². The summed E-state index contributed by atoms with van der Waals surface area (Å²) in [4.78, 5) is 96.3. The molecule has 5 amide bonds. The van der Waals surface area contributed by atoms with E-state index in [4.69, 9.17) is 26.8 Å². The first-order valence-corrected chi connectivity index (χ1v) is 13.3. The molecule has 45 heavy (non-hydrogen) atoms. The number of nitrogens with two attached hydrogens (primary N) is 2. The van der Waals surface area contributed by atoms with E-state index in [0.29, 0.717) is 5.56 Å². The van der Waals surface area contributed by atoms with E-state index >= 15 is 0 Å². The van der Waals surface area contributed by atoms with Gasteiger partial charge in [-0.25, -0.2) is 0 Å². The summed E-state index contributed by atoms with van der Waals surface area (Å²) in [6.45, 7) is -1.000. The van der Waals surface area contributed by atoms with Crippen molar-refractivity contribution in [1.82, 2.24) is 21.3 Å². The molecule has 0 aliphatic rings. The number of phenolic OH excluding ortho intramolecular Hbond substituents is 1. The highest BCUT2D eigenvalue weighted by molar-refractivity contribution is 5.96. The molecule has 0 aliphatic carbocycles. The monoisotopic (exact) mass is 640 g/mol. The van der Waals surface area contributed by atoms with Crippen LogP contribution in [0.4, 0.5) is 0 Å². The van der Waals surface area contributed by atoms with Gasteiger partial charge in [0.2, 0.25) is 29.5 Å². The van der Waals surface area contributed by atoms with Crippen LogP contribution < -0.4 is 32.7 Å². The summed E-state index contributed by atoms with van der Waals surface area (Å²) in [5.41, 5.74) is 11.2. The van der Waals surface area contributed by atoms with Gasteiger partial charge >= 0.3 is 17.9 Å². The van der Waals surface area contributed by atoms with Crippen LogP contribution in [-0.4, -0.2) is 110 Å². The van der Waals surface area contributed by atoms with E-state index in [1.54, 1.807) is 0 Å². The summed E-state index contributed by atoms with van der Waals surface area (Å²) in [6.07, 6.45) is -3.12. The minimum Gasteiger partial charge on any atom is -0.508 e. The summed E-state index contributed by atoms with van der Waals surface area (Å²) in [5, 5.41) is 54.8. The number of hydrogen-bond acceptors (Lipinski definition) is 11. The van der Waals surface area contributed by atoms with Crippen molar-refractivity contribution in [2.24, 2.45) is 11.5 Å². The molecule has 0 heterocycles. The summed E-state index contributed by atoms with van der Waals surface area (Å²) in [7, 11) is 0. The Morgan fingerprint density at radius 2 is 1.11 bits per heavy atom. The van der Waals surface area contributed by atoms with Gasteiger partial charge in [-0.1, -0.05) is 12.1 Å². The van der Waals surface area contributed by atoms with Crippen molar-refractivity contribution in [3.8, 4) is 5.75 Å². The topological polar surface area (TPSA) is 338 Å². The van der Waals surface area contributed by atoms with Crippen molar-refractivity contribution >= 4 is 47.4 Å². The van der Waals surface area contributed by atoms with E-state index in [1.807, 2.05) is 0 Å². The van der Waals surface area contributed by atoms with Crippen LogP contribution in [0.1, 0.15) is 37.7 Å². The second kappa shape index (κ2) is 18.4. The van der Waals surface area contributed by atoms with E-state index in [2.05, 4.69) is 21.3 Å². The Kier molecular flexibility index (Phi) is 15.4. The molecular weight excluding hydrogens is 604 g/mol. The number of nitrogens with one attached hydrogen (secondary N) is 4. The number of carboxylic acid groups (broad SMARTS) is 3. The van der Waals surface area contributed by atoms with Gasteiger partial charge in [-0.05, 0) is 30.5 Å². The third-order valence-electron chi connectivity index (χ3n) is 6.15. The number of carbonyl (C=O) groups is 8. The number of amides is 5. The number of aliphatic carboxylic acids is 3. The molecule has 13 N–H and O–H groups in total. The minimum absolute atomic E-state index is 0.121. The molecule has 19 heteroatoms. The summed E-state index contributed by atoms with van der Waals surface area (Å²) in [5.74, 6) is -9.70. The first-order valence-electron chi connectivity index (χ1n) is 13.3. The Labute approximate surface area is 255 Å². The Balaban J connectivity index is 3.21. The number of benzene rings is 1. The molecule has 0 fully saturated rings. The highest BCUT2D eigenvalue weighted by Gasteiger charge is 2.32. The van der Waals surface area contributed by atoms with E-state index in [1.165, 1.54) is 24.3 Å². The van der Waals surface area contributed by atoms with Crippen LogP contribution in [0.3, 0.4) is 0 Å². The van der Waals surface area contributed by atoms with E-state index in [9.17, 15) is 48.6 Å². The van der Waals surface area contributed by atoms with Crippen LogP contribution in [-0.2, 0) is 44.8 Å². The number of carboxylic acids is 3. The SMILES string of the molecule is NC(=O)[C@H](CC(=O)O)NC(=O)[C@H](Cc1ccc(O)cc1)NC(=O)[C@H](CCC(=O)O)NC(=O)[C@H](CO)NC(=O)[C@@H](N)CCC(=O)O. The summed E-state index contributed by atoms with van der Waals surface area (Å²) in [6, 6.07) is -2.62. The fourth-order valence-electron chi connectivity index (χ4n) is 3.71. The number of primary amides is 1. The van der Waals surface area contributed by atoms with Crippen LogP contribution in [0.25, 0.3) is 0 Å². The van der Waals surface area contributed by atoms with Crippen molar-refractivity contribution in [3.63, 3.8) is 0 Å². The normalized spacial score (nSPS) is 14.0. The number of aliphatic hydroxyl groups is 1. The van der Waals surface area contributed by atoms with Crippen LogP contribution in [0.2, 0.25) is 0 Å². The Hall–Kier alpha value is -5.30. The zero-order valence-corrected chi connectivity index (χ0v) is 23.8. The first-order chi connectivity index (χ1) is 21.0. The number of phenols is 1. The molecule has 1 aromatic rings. The smallest absolute Gasteiger partial charge is 0.305 e. The third-order valence-corrected chi connectivity index (χ3v) is 6.15. The summed E-state index contributed by atoms with van der Waals surface area (Å²) < 4.78 is 0. The van der Waals surface area contributed by atoms with Gasteiger partial charge in [0, 0.05) is 19.3 Å². The largest absolute Gasteiger partial charge is 0.508 e. The number of aliphatic hydroxyl groups excluding tert-OH is 1. The van der Waals surface area contributed by atoms with Crippen LogP contribution >= 0.6 is 0 Å². The van der Waals surface area contributed by atoms with E-state index in [0.717, 1.165) is 0 Å². The van der Waals surface area contributed by atoms with Gasteiger partial charge in [0.1, 0.15) is 29.9 Å². The molecule has 0 saturated carbocycles. The van der Waals surface area contributed by atoms with Gasteiger partial charge in [-0.15, -0.1) is 0 Å². The lowest BCUT2D eigenvalue weighted by Crippen LogP contribution is -2.59. The highest BCUT2D eigenvalue weighted by Crippen LogP contribution is 2.12. The minimum atomic E-state index is -1.70. The molecule has 0 aliphatic heterocycles. The lowest BCUT2D eigenvalue weighted by atomic mass is 10.0. The van der Waals surface area contributed by atoms with Crippen molar-refractivity contribution in [3.05, 3.63) is 29.8 Å². The fourth-order valence-corrected chi connectivity index (χ4v) is 3.71. The second-order valence-electron chi connectivity index (χ2n) is 9.77. The molecule has 5 atom stereocenters. The van der Waals surface area contributed by atoms with Crippen molar-refractivity contribution < 1.29 is 63.9 Å². The molecule has 0 unspecified atom stereocenters.